The topological polar surface area (TPSA) is 88.3 Å². The molecule has 2 heterocycles. The molecule has 0 bridgehead atoms. The molecule has 0 aliphatic carbocycles. The van der Waals surface area contributed by atoms with Crippen LogP contribution in [0, 0.1) is 5.92 Å². The number of aromatic nitrogens is 1. The van der Waals surface area contributed by atoms with Crippen LogP contribution < -0.4 is 10.2 Å². The van der Waals surface area contributed by atoms with Crippen LogP contribution in [-0.2, 0) is 14.8 Å². The molecular weight excluding hydrogens is 268 g/mol. The molecule has 1 aliphatic rings. The Morgan fingerprint density at radius 2 is 2.32 bits per heavy atom. The number of ether oxygens (including phenoxy) is 1. The second-order valence-electron chi connectivity index (χ2n) is 4.59. The molecular formula is C12H18N2O4S. The highest BCUT2D eigenvalue weighted by Crippen LogP contribution is 2.22. The highest BCUT2D eigenvalue weighted by atomic mass is 32.2. The smallest absolute Gasteiger partial charge is 0.245 e. The predicted octanol–water partition coefficient (Wildman–Crippen LogP) is 0.468. The van der Waals surface area contributed by atoms with Crippen molar-refractivity contribution in [1.29, 1.82) is 0 Å². The summed E-state index contributed by atoms with van der Waals surface area (Å²) in [5.74, 6) is 0.169. The lowest BCUT2D eigenvalue weighted by Crippen LogP contribution is -2.34. The fraction of sp³-hybridized carbons (Fsp3) is 0.583. The first-order valence-electron chi connectivity index (χ1n) is 6.33. The van der Waals surface area contributed by atoms with Gasteiger partial charge in [0, 0.05) is 37.5 Å². The Morgan fingerprint density at radius 3 is 3.00 bits per heavy atom. The van der Waals surface area contributed by atoms with E-state index in [1.54, 1.807) is 0 Å². The number of nitrogens with one attached hydrogen (secondary N) is 2. The molecule has 2 rings (SSSR count). The standard InChI is InChI=1S/C12H18N2O4S/c1-2-11-9(4-6-18-11)7-14-19(16,17)12-8-13-5-3-10(12)15/h3,5,8-9,11,14H,2,4,6-7H2,1H3,(H,13,15). The monoisotopic (exact) mass is 286 g/mol. The van der Waals surface area contributed by atoms with E-state index in [4.69, 9.17) is 4.74 Å². The van der Waals surface area contributed by atoms with Crippen LogP contribution in [0.1, 0.15) is 19.8 Å². The highest BCUT2D eigenvalue weighted by molar-refractivity contribution is 7.89. The minimum atomic E-state index is -3.76. The van der Waals surface area contributed by atoms with Crippen LogP contribution in [0.25, 0.3) is 0 Å². The summed E-state index contributed by atoms with van der Waals surface area (Å²) in [5.41, 5.74) is -0.513. The first-order valence-corrected chi connectivity index (χ1v) is 7.81. The molecule has 1 aromatic heterocycles. The van der Waals surface area contributed by atoms with Crippen molar-refractivity contribution in [1.82, 2.24) is 9.71 Å². The summed E-state index contributed by atoms with van der Waals surface area (Å²) in [7, 11) is -3.76. The van der Waals surface area contributed by atoms with Gasteiger partial charge in [0.25, 0.3) is 0 Å². The lowest BCUT2D eigenvalue weighted by Gasteiger charge is -2.17. The molecule has 1 saturated heterocycles. The van der Waals surface area contributed by atoms with E-state index in [2.05, 4.69) is 9.71 Å². The third kappa shape index (κ3) is 3.23. The number of hydrogen-bond donors (Lipinski definition) is 2. The Kier molecular flexibility index (Phi) is 4.38. The van der Waals surface area contributed by atoms with Crippen LogP contribution in [-0.4, -0.2) is 32.7 Å². The van der Waals surface area contributed by atoms with Crippen molar-refractivity contribution in [2.75, 3.05) is 13.2 Å². The highest BCUT2D eigenvalue weighted by Gasteiger charge is 2.28. The van der Waals surface area contributed by atoms with Gasteiger partial charge < -0.3 is 9.72 Å². The molecule has 2 unspecified atom stereocenters. The lowest BCUT2D eigenvalue weighted by molar-refractivity contribution is 0.0884. The van der Waals surface area contributed by atoms with Crippen LogP contribution in [0.3, 0.4) is 0 Å². The summed E-state index contributed by atoms with van der Waals surface area (Å²) >= 11 is 0. The van der Waals surface area contributed by atoms with Gasteiger partial charge in [-0.1, -0.05) is 6.92 Å². The molecule has 19 heavy (non-hydrogen) atoms. The predicted molar refractivity (Wildman–Crippen MR) is 70.4 cm³/mol. The Morgan fingerprint density at radius 1 is 1.53 bits per heavy atom. The number of hydrogen-bond acceptors (Lipinski definition) is 4. The van der Waals surface area contributed by atoms with Crippen LogP contribution in [0.5, 0.6) is 0 Å². The van der Waals surface area contributed by atoms with Crippen molar-refractivity contribution in [3.8, 4) is 0 Å². The van der Waals surface area contributed by atoms with Gasteiger partial charge >= 0.3 is 0 Å². The molecule has 0 saturated carbocycles. The minimum Gasteiger partial charge on any atom is -0.378 e. The molecule has 0 radical (unpaired) electrons. The molecule has 0 amide bonds. The molecule has 1 aromatic rings. The average molecular weight is 286 g/mol. The molecule has 2 N–H and O–H groups in total. The van der Waals surface area contributed by atoms with Crippen LogP contribution in [0.15, 0.2) is 28.2 Å². The van der Waals surface area contributed by atoms with Gasteiger partial charge in [-0.3, -0.25) is 4.79 Å². The first kappa shape index (κ1) is 14.2. The van der Waals surface area contributed by atoms with E-state index in [1.165, 1.54) is 18.5 Å². The van der Waals surface area contributed by atoms with Crippen LogP contribution in [0.4, 0.5) is 0 Å². The van der Waals surface area contributed by atoms with E-state index in [9.17, 15) is 13.2 Å². The van der Waals surface area contributed by atoms with Gasteiger partial charge in [0.2, 0.25) is 15.5 Å². The molecule has 0 spiro atoms. The van der Waals surface area contributed by atoms with Crippen molar-refractivity contribution in [3.63, 3.8) is 0 Å². The summed E-state index contributed by atoms with van der Waals surface area (Å²) in [6, 6.07) is 1.20. The van der Waals surface area contributed by atoms with E-state index in [0.717, 1.165) is 12.8 Å². The van der Waals surface area contributed by atoms with Gasteiger partial charge in [-0.15, -0.1) is 0 Å². The Balaban J connectivity index is 2.07. The Hall–Kier alpha value is -1.18. The maximum Gasteiger partial charge on any atom is 0.245 e. The minimum absolute atomic E-state index is 0.0942. The second-order valence-corrected chi connectivity index (χ2v) is 6.33. The van der Waals surface area contributed by atoms with Gasteiger partial charge in [-0.25, -0.2) is 13.1 Å². The maximum absolute atomic E-state index is 12.0. The molecule has 2 atom stereocenters. The fourth-order valence-corrected chi connectivity index (χ4v) is 3.43. The number of sulfonamides is 1. The van der Waals surface area contributed by atoms with Crippen LogP contribution >= 0.6 is 0 Å². The van der Waals surface area contributed by atoms with Crippen molar-refractivity contribution < 1.29 is 13.2 Å². The zero-order valence-electron chi connectivity index (χ0n) is 10.8. The number of rotatable bonds is 5. The quantitative estimate of drug-likeness (QED) is 0.823. The molecule has 1 fully saturated rings. The Labute approximate surface area is 112 Å². The summed E-state index contributed by atoms with van der Waals surface area (Å²) in [6.45, 7) is 2.98. The van der Waals surface area contributed by atoms with E-state index in [0.29, 0.717) is 13.2 Å². The van der Waals surface area contributed by atoms with E-state index in [1.807, 2.05) is 6.92 Å². The molecule has 7 heteroatoms. The summed E-state index contributed by atoms with van der Waals surface area (Å²) in [6.07, 6.45) is 4.40. The zero-order valence-corrected chi connectivity index (χ0v) is 11.6. The van der Waals surface area contributed by atoms with E-state index >= 15 is 0 Å². The largest absolute Gasteiger partial charge is 0.378 e. The Bertz CT molecular complexity index is 581. The van der Waals surface area contributed by atoms with Crippen LogP contribution in [0.2, 0.25) is 0 Å². The fourth-order valence-electron chi connectivity index (χ4n) is 2.28. The maximum atomic E-state index is 12.0. The van der Waals surface area contributed by atoms with E-state index < -0.39 is 15.5 Å². The number of H-pyrrole nitrogens is 1. The van der Waals surface area contributed by atoms with Crippen molar-refractivity contribution in [2.45, 2.75) is 30.8 Å². The van der Waals surface area contributed by atoms with Gasteiger partial charge in [-0.2, -0.15) is 0 Å². The molecule has 1 aliphatic heterocycles. The summed E-state index contributed by atoms with van der Waals surface area (Å²) < 4.78 is 32.1. The molecule has 0 aromatic carbocycles. The normalized spacial score (nSPS) is 23.6. The van der Waals surface area contributed by atoms with Crippen molar-refractivity contribution in [3.05, 3.63) is 28.7 Å². The first-order chi connectivity index (χ1) is 9.04. The lowest BCUT2D eigenvalue weighted by atomic mass is 10.0. The number of pyridine rings is 1. The number of aromatic amines is 1. The third-order valence-corrected chi connectivity index (χ3v) is 4.81. The zero-order chi connectivity index (χ0) is 13.9. The van der Waals surface area contributed by atoms with Gasteiger partial charge in [0.15, 0.2) is 0 Å². The van der Waals surface area contributed by atoms with Gasteiger partial charge in [0.05, 0.1) is 6.10 Å². The van der Waals surface area contributed by atoms with Crippen molar-refractivity contribution in [2.24, 2.45) is 5.92 Å². The summed E-state index contributed by atoms with van der Waals surface area (Å²) in [4.78, 5) is 13.9. The summed E-state index contributed by atoms with van der Waals surface area (Å²) in [5, 5.41) is 0. The second kappa shape index (κ2) is 5.85. The van der Waals surface area contributed by atoms with Crippen molar-refractivity contribution >= 4 is 10.0 Å². The molecule has 6 nitrogen and oxygen atoms in total. The average Bonchev–Trinajstić information content (AvgIpc) is 2.84. The third-order valence-electron chi connectivity index (χ3n) is 3.36. The van der Waals surface area contributed by atoms with Gasteiger partial charge in [-0.05, 0) is 12.8 Å². The van der Waals surface area contributed by atoms with E-state index in [-0.39, 0.29) is 16.9 Å². The van der Waals surface area contributed by atoms with Gasteiger partial charge in [0.1, 0.15) is 4.90 Å². The molecule has 106 valence electrons. The SMILES string of the molecule is CCC1OCCC1CNS(=O)(=O)c1c[nH]ccc1=O.